The van der Waals surface area contributed by atoms with Crippen LogP contribution in [0.5, 0.6) is 0 Å². The predicted octanol–water partition coefficient (Wildman–Crippen LogP) is 4.94. The maximum atomic E-state index is 13.3. The number of halogens is 1. The topological polar surface area (TPSA) is 58.6 Å². The maximum absolute atomic E-state index is 13.3. The van der Waals surface area contributed by atoms with E-state index in [4.69, 9.17) is 4.74 Å². The Labute approximate surface area is 179 Å². The van der Waals surface area contributed by atoms with Gasteiger partial charge in [-0.15, -0.1) is 11.3 Å². The van der Waals surface area contributed by atoms with Crippen molar-refractivity contribution in [2.75, 3.05) is 24.5 Å². The summed E-state index contributed by atoms with van der Waals surface area (Å²) in [7, 11) is 0. The Morgan fingerprint density at radius 1 is 1.20 bits per heavy atom. The number of thiophene rings is 1. The zero-order chi connectivity index (χ0) is 21.5. The van der Waals surface area contributed by atoms with Gasteiger partial charge in [0.25, 0.3) is 0 Å². The molecule has 0 N–H and O–H groups in total. The van der Waals surface area contributed by atoms with Crippen LogP contribution in [-0.4, -0.2) is 52.2 Å². The minimum atomic E-state index is -0.513. The highest BCUT2D eigenvalue weighted by Crippen LogP contribution is 2.37. The predicted molar refractivity (Wildman–Crippen MR) is 117 cm³/mol. The summed E-state index contributed by atoms with van der Waals surface area (Å²) in [5, 5.41) is 0. The van der Waals surface area contributed by atoms with Crippen LogP contribution in [0.3, 0.4) is 0 Å². The molecule has 1 fully saturated rings. The Morgan fingerprint density at radius 3 is 2.60 bits per heavy atom. The molecule has 8 heteroatoms. The number of benzene rings is 1. The van der Waals surface area contributed by atoms with E-state index in [0.717, 1.165) is 26.5 Å². The fourth-order valence-corrected chi connectivity index (χ4v) is 4.70. The molecule has 1 atom stereocenters. The highest BCUT2D eigenvalue weighted by atomic mass is 32.1. The fourth-order valence-electron chi connectivity index (χ4n) is 3.57. The third-order valence-electron chi connectivity index (χ3n) is 4.98. The average molecular weight is 429 g/mol. The SMILES string of the molecule is CC1CN(c2ncnc3cc(-c4ccc(F)cc4)sc23)CCN1C(=O)OC(C)(C)C. The first-order chi connectivity index (χ1) is 14.2. The fraction of sp³-hybridized carbons (Fsp3) is 0.409. The number of hydrogen-bond acceptors (Lipinski definition) is 6. The number of ether oxygens (including phenoxy) is 1. The number of rotatable bonds is 2. The molecule has 0 aliphatic carbocycles. The van der Waals surface area contributed by atoms with Crippen molar-refractivity contribution in [3.63, 3.8) is 0 Å². The van der Waals surface area contributed by atoms with Crippen molar-refractivity contribution in [2.45, 2.75) is 39.3 Å². The summed E-state index contributed by atoms with van der Waals surface area (Å²) >= 11 is 1.60. The molecule has 1 saturated heterocycles. The molecule has 0 bridgehead atoms. The zero-order valence-electron chi connectivity index (χ0n) is 17.6. The number of anilines is 1. The summed E-state index contributed by atoms with van der Waals surface area (Å²) in [4.78, 5) is 26.5. The molecular formula is C22H25FN4O2S. The molecule has 30 heavy (non-hydrogen) atoms. The van der Waals surface area contributed by atoms with Crippen molar-refractivity contribution in [3.05, 3.63) is 42.5 Å². The van der Waals surface area contributed by atoms with Crippen molar-refractivity contribution < 1.29 is 13.9 Å². The molecule has 1 aliphatic rings. The number of piperazine rings is 1. The average Bonchev–Trinajstić information content (AvgIpc) is 3.11. The number of hydrogen-bond donors (Lipinski definition) is 0. The lowest BCUT2D eigenvalue weighted by molar-refractivity contribution is 0.0159. The van der Waals surface area contributed by atoms with E-state index >= 15 is 0 Å². The Hall–Kier alpha value is -2.74. The highest BCUT2D eigenvalue weighted by Gasteiger charge is 2.32. The molecule has 2 aromatic heterocycles. The number of aromatic nitrogens is 2. The monoisotopic (exact) mass is 428 g/mol. The minimum Gasteiger partial charge on any atom is -0.444 e. The van der Waals surface area contributed by atoms with Crippen molar-refractivity contribution in [3.8, 4) is 10.4 Å². The first-order valence-electron chi connectivity index (χ1n) is 9.96. The molecule has 4 rings (SSSR count). The van der Waals surface area contributed by atoms with Gasteiger partial charge in [0, 0.05) is 30.6 Å². The van der Waals surface area contributed by atoms with Crippen molar-refractivity contribution in [1.82, 2.24) is 14.9 Å². The molecule has 0 saturated carbocycles. The summed E-state index contributed by atoms with van der Waals surface area (Å²) in [6.07, 6.45) is 1.29. The quantitative estimate of drug-likeness (QED) is 0.578. The molecular weight excluding hydrogens is 403 g/mol. The summed E-state index contributed by atoms with van der Waals surface area (Å²) in [6, 6.07) is 8.48. The number of fused-ring (bicyclic) bond motifs is 1. The molecule has 0 spiro atoms. The molecule has 0 radical (unpaired) electrons. The second-order valence-electron chi connectivity index (χ2n) is 8.50. The molecule has 3 heterocycles. The molecule has 158 valence electrons. The van der Waals surface area contributed by atoms with Gasteiger partial charge in [-0.05, 0) is 51.5 Å². The Bertz CT molecular complexity index is 1060. The molecule has 1 aliphatic heterocycles. The van der Waals surface area contributed by atoms with Gasteiger partial charge in [-0.1, -0.05) is 12.1 Å². The Balaban J connectivity index is 1.57. The van der Waals surface area contributed by atoms with Gasteiger partial charge in [-0.2, -0.15) is 0 Å². The summed E-state index contributed by atoms with van der Waals surface area (Å²) < 4.78 is 19.8. The van der Waals surface area contributed by atoms with Crippen LogP contribution >= 0.6 is 11.3 Å². The van der Waals surface area contributed by atoms with Crippen LogP contribution in [-0.2, 0) is 4.74 Å². The van der Waals surface area contributed by atoms with Gasteiger partial charge in [0.15, 0.2) is 0 Å². The standard InChI is InChI=1S/C22H25FN4O2S/c1-14-12-26(9-10-27(14)21(28)29-22(2,3)4)20-19-17(24-13-25-20)11-18(30-19)15-5-7-16(23)8-6-15/h5-8,11,13-14H,9-10,12H2,1-4H3. The van der Waals surface area contributed by atoms with E-state index < -0.39 is 5.60 Å². The van der Waals surface area contributed by atoms with Gasteiger partial charge < -0.3 is 14.5 Å². The van der Waals surface area contributed by atoms with Gasteiger partial charge in [0.05, 0.1) is 10.2 Å². The third-order valence-corrected chi connectivity index (χ3v) is 6.15. The van der Waals surface area contributed by atoms with Crippen LogP contribution in [0, 0.1) is 5.82 Å². The molecule has 1 unspecified atom stereocenters. The second-order valence-corrected chi connectivity index (χ2v) is 9.55. The Kier molecular flexibility index (Phi) is 5.36. The van der Waals surface area contributed by atoms with Gasteiger partial charge in [-0.25, -0.2) is 19.2 Å². The third kappa shape index (κ3) is 4.23. The van der Waals surface area contributed by atoms with E-state index in [1.807, 2.05) is 33.8 Å². The molecule has 1 amide bonds. The number of carbonyl (C=O) groups excluding carboxylic acids is 1. The van der Waals surface area contributed by atoms with Crippen LogP contribution < -0.4 is 4.90 Å². The lowest BCUT2D eigenvalue weighted by Gasteiger charge is -2.40. The first-order valence-corrected chi connectivity index (χ1v) is 10.8. The number of amides is 1. The lowest BCUT2D eigenvalue weighted by atomic mass is 10.2. The van der Waals surface area contributed by atoms with Crippen LogP contribution in [0.1, 0.15) is 27.7 Å². The van der Waals surface area contributed by atoms with Crippen molar-refractivity contribution in [1.29, 1.82) is 0 Å². The lowest BCUT2D eigenvalue weighted by Crippen LogP contribution is -2.55. The number of nitrogens with zero attached hydrogens (tertiary/aromatic N) is 4. The van der Waals surface area contributed by atoms with Crippen molar-refractivity contribution >= 4 is 33.5 Å². The smallest absolute Gasteiger partial charge is 0.410 e. The molecule has 1 aromatic carbocycles. The second kappa shape index (κ2) is 7.83. The molecule has 3 aromatic rings. The normalized spacial score (nSPS) is 17.4. The van der Waals surface area contributed by atoms with Crippen LogP contribution in [0.25, 0.3) is 20.7 Å². The van der Waals surface area contributed by atoms with Gasteiger partial charge in [0.2, 0.25) is 0 Å². The van der Waals surface area contributed by atoms with E-state index in [1.165, 1.54) is 12.1 Å². The summed E-state index contributed by atoms with van der Waals surface area (Å²) in [5.41, 5.74) is 1.31. The minimum absolute atomic E-state index is 0.00449. The van der Waals surface area contributed by atoms with E-state index in [1.54, 1.807) is 34.7 Å². The van der Waals surface area contributed by atoms with Gasteiger partial charge in [0.1, 0.15) is 23.6 Å². The van der Waals surface area contributed by atoms with E-state index in [9.17, 15) is 9.18 Å². The molecule has 6 nitrogen and oxygen atoms in total. The highest BCUT2D eigenvalue weighted by molar-refractivity contribution is 7.22. The van der Waals surface area contributed by atoms with E-state index in [0.29, 0.717) is 19.6 Å². The van der Waals surface area contributed by atoms with Gasteiger partial charge >= 0.3 is 6.09 Å². The van der Waals surface area contributed by atoms with Gasteiger partial charge in [-0.3, -0.25) is 0 Å². The van der Waals surface area contributed by atoms with Crippen LogP contribution in [0.4, 0.5) is 15.0 Å². The Morgan fingerprint density at radius 2 is 1.93 bits per heavy atom. The van der Waals surface area contributed by atoms with Crippen molar-refractivity contribution in [2.24, 2.45) is 0 Å². The summed E-state index contributed by atoms with van der Waals surface area (Å²) in [6.45, 7) is 9.54. The summed E-state index contributed by atoms with van der Waals surface area (Å²) in [5.74, 6) is 0.617. The number of carbonyl (C=O) groups is 1. The van der Waals surface area contributed by atoms with Crippen LogP contribution in [0.15, 0.2) is 36.7 Å². The van der Waals surface area contributed by atoms with Crippen LogP contribution in [0.2, 0.25) is 0 Å². The van der Waals surface area contributed by atoms with E-state index in [-0.39, 0.29) is 18.0 Å². The maximum Gasteiger partial charge on any atom is 0.410 e. The first kappa shape index (κ1) is 20.5. The largest absolute Gasteiger partial charge is 0.444 e. The van der Waals surface area contributed by atoms with E-state index in [2.05, 4.69) is 14.9 Å². The zero-order valence-corrected chi connectivity index (χ0v) is 18.4.